The Kier molecular flexibility index (Phi) is 6.33. The van der Waals surface area contributed by atoms with Crippen molar-refractivity contribution in [1.29, 1.82) is 5.41 Å². The van der Waals surface area contributed by atoms with Gasteiger partial charge in [-0.05, 0) is 60.2 Å². The summed E-state index contributed by atoms with van der Waals surface area (Å²) in [6, 6.07) is 22.7. The molecular weight excluding hydrogens is 492 g/mol. The molecular formula is C28H25BrN2O3. The molecule has 1 saturated heterocycles. The minimum Gasteiger partial charge on any atom is -0.425 e. The average molecular weight is 517 g/mol. The number of nitrogens with zero attached hydrogens (tertiary/aromatic N) is 1. The topological polar surface area (TPSA) is 70.5 Å². The van der Waals surface area contributed by atoms with Crippen LogP contribution in [0.25, 0.3) is 11.1 Å². The van der Waals surface area contributed by atoms with Gasteiger partial charge in [-0.2, -0.15) is 0 Å². The van der Waals surface area contributed by atoms with Crippen LogP contribution in [0.4, 0.5) is 0 Å². The summed E-state index contributed by atoms with van der Waals surface area (Å²) in [7, 11) is 0. The fourth-order valence-electron chi connectivity index (χ4n) is 4.86. The smallest absolute Gasteiger partial charge is 0.323 e. The average Bonchev–Trinajstić information content (AvgIpc) is 2.87. The van der Waals surface area contributed by atoms with E-state index in [1.54, 1.807) is 24.3 Å². The molecule has 2 unspecified atom stereocenters. The number of amidine groups is 1. The number of halogens is 1. The fourth-order valence-corrected chi connectivity index (χ4v) is 5.12. The Balaban J connectivity index is 1.53. The van der Waals surface area contributed by atoms with Crippen LogP contribution in [0.5, 0.6) is 5.75 Å². The molecule has 1 fully saturated rings. The first-order chi connectivity index (χ1) is 16.5. The van der Waals surface area contributed by atoms with Gasteiger partial charge in [0.25, 0.3) is 0 Å². The Morgan fingerprint density at radius 3 is 2.18 bits per heavy atom. The van der Waals surface area contributed by atoms with Gasteiger partial charge in [0.15, 0.2) is 5.78 Å². The molecule has 0 aliphatic carbocycles. The number of Topliss-reactive ketones (excluding diaryl/α,β-unsaturated/α-hetero) is 1. The number of esters is 1. The number of nitrogens with one attached hydrogen (secondary N) is 1. The first kappa shape index (κ1) is 22.5. The second-order valence-electron chi connectivity index (χ2n) is 8.80. The SMILES string of the molecule is N=C(C(c1ccc(-c2ccc(Br)cc2)cc1)C1C(=O)Oc2ccccc2C1=O)N1CCCCC1. The highest BCUT2D eigenvalue weighted by Crippen LogP contribution is 2.38. The van der Waals surface area contributed by atoms with Gasteiger partial charge in [0.1, 0.15) is 17.5 Å². The maximum atomic E-state index is 13.5. The molecule has 3 aromatic carbocycles. The van der Waals surface area contributed by atoms with E-state index in [0.717, 1.165) is 53.5 Å². The number of fused-ring (bicyclic) bond motifs is 1. The normalized spacial score (nSPS) is 18.7. The number of carbonyl (C=O) groups is 2. The van der Waals surface area contributed by atoms with Gasteiger partial charge in [0, 0.05) is 17.6 Å². The zero-order valence-electron chi connectivity index (χ0n) is 18.7. The molecule has 6 heteroatoms. The molecule has 2 heterocycles. The summed E-state index contributed by atoms with van der Waals surface area (Å²) in [5.41, 5.74) is 3.27. The van der Waals surface area contributed by atoms with Crippen molar-refractivity contribution >= 4 is 33.5 Å². The summed E-state index contributed by atoms with van der Waals surface area (Å²) >= 11 is 3.47. The van der Waals surface area contributed by atoms with Gasteiger partial charge in [-0.1, -0.05) is 64.5 Å². The number of hydrogen-bond donors (Lipinski definition) is 1. The molecule has 2 aliphatic heterocycles. The van der Waals surface area contributed by atoms with Crippen LogP contribution in [-0.2, 0) is 4.79 Å². The highest BCUT2D eigenvalue weighted by molar-refractivity contribution is 9.10. The van der Waals surface area contributed by atoms with Crippen LogP contribution in [0.1, 0.15) is 41.1 Å². The molecule has 34 heavy (non-hydrogen) atoms. The molecule has 0 spiro atoms. The van der Waals surface area contributed by atoms with E-state index in [1.807, 2.05) is 53.4 Å². The third-order valence-electron chi connectivity index (χ3n) is 6.67. The van der Waals surface area contributed by atoms with E-state index in [9.17, 15) is 9.59 Å². The maximum absolute atomic E-state index is 13.5. The van der Waals surface area contributed by atoms with E-state index in [1.165, 1.54) is 0 Å². The summed E-state index contributed by atoms with van der Waals surface area (Å²) in [6.45, 7) is 1.53. The van der Waals surface area contributed by atoms with Crippen LogP contribution in [0.3, 0.4) is 0 Å². The molecule has 5 nitrogen and oxygen atoms in total. The first-order valence-corrected chi connectivity index (χ1v) is 12.4. The van der Waals surface area contributed by atoms with Crippen LogP contribution in [0, 0.1) is 11.3 Å². The van der Waals surface area contributed by atoms with Crippen molar-refractivity contribution in [2.75, 3.05) is 13.1 Å². The van der Waals surface area contributed by atoms with E-state index >= 15 is 0 Å². The lowest BCUT2D eigenvalue weighted by atomic mass is 9.78. The molecule has 2 aliphatic rings. The fraction of sp³-hybridized carbons (Fsp3) is 0.250. The van der Waals surface area contributed by atoms with Gasteiger partial charge in [0.05, 0.1) is 11.5 Å². The highest BCUT2D eigenvalue weighted by Gasteiger charge is 2.45. The summed E-state index contributed by atoms with van der Waals surface area (Å²) in [6.07, 6.45) is 3.14. The number of ketones is 1. The zero-order valence-corrected chi connectivity index (χ0v) is 20.3. The Labute approximate surface area is 207 Å². The molecule has 0 bridgehead atoms. The maximum Gasteiger partial charge on any atom is 0.323 e. The largest absolute Gasteiger partial charge is 0.425 e. The van der Waals surface area contributed by atoms with E-state index in [4.69, 9.17) is 10.1 Å². The Morgan fingerprint density at radius 1 is 0.882 bits per heavy atom. The lowest BCUT2D eigenvalue weighted by molar-refractivity contribution is -0.138. The molecule has 172 valence electrons. The number of rotatable bonds is 4. The number of para-hydroxylation sites is 1. The Morgan fingerprint density at radius 2 is 1.50 bits per heavy atom. The van der Waals surface area contributed by atoms with Crippen molar-refractivity contribution < 1.29 is 14.3 Å². The van der Waals surface area contributed by atoms with Crippen LogP contribution < -0.4 is 4.74 Å². The summed E-state index contributed by atoms with van der Waals surface area (Å²) in [5, 5.41) is 9.08. The minimum atomic E-state index is -1.08. The van der Waals surface area contributed by atoms with E-state index in [0.29, 0.717) is 17.1 Å². The van der Waals surface area contributed by atoms with Gasteiger partial charge in [-0.3, -0.25) is 15.0 Å². The lowest BCUT2D eigenvalue weighted by Gasteiger charge is -2.36. The summed E-state index contributed by atoms with van der Waals surface area (Å²) < 4.78 is 6.59. The first-order valence-electron chi connectivity index (χ1n) is 11.6. The number of carbonyl (C=O) groups excluding carboxylic acids is 2. The van der Waals surface area contributed by atoms with Gasteiger partial charge >= 0.3 is 5.97 Å². The van der Waals surface area contributed by atoms with Crippen LogP contribution in [-0.4, -0.2) is 35.6 Å². The van der Waals surface area contributed by atoms with Crippen molar-refractivity contribution in [2.24, 2.45) is 5.92 Å². The van der Waals surface area contributed by atoms with Gasteiger partial charge < -0.3 is 9.64 Å². The number of hydrogen-bond acceptors (Lipinski definition) is 4. The van der Waals surface area contributed by atoms with Crippen LogP contribution >= 0.6 is 15.9 Å². The number of piperidine rings is 1. The molecule has 1 N–H and O–H groups in total. The van der Waals surface area contributed by atoms with E-state index in [-0.39, 0.29) is 5.78 Å². The number of likely N-dealkylation sites (tertiary alicyclic amines) is 1. The van der Waals surface area contributed by atoms with E-state index in [2.05, 4.69) is 15.9 Å². The quantitative estimate of drug-likeness (QED) is 0.150. The second kappa shape index (κ2) is 9.55. The summed E-state index contributed by atoms with van der Waals surface area (Å²) in [5.74, 6) is -2.05. The van der Waals surface area contributed by atoms with Crippen molar-refractivity contribution in [3.05, 3.63) is 88.4 Å². The standard InChI is InChI=1S/C28H25BrN2O3/c29-21-14-12-19(13-15-21)18-8-10-20(11-9-18)24(27(30)31-16-4-1-5-17-31)25-26(32)22-6-2-3-7-23(22)34-28(25)33/h2-3,6-15,24-25,30H,1,4-5,16-17H2. The van der Waals surface area contributed by atoms with Gasteiger partial charge in [-0.25, -0.2) is 0 Å². The van der Waals surface area contributed by atoms with Crippen molar-refractivity contribution in [1.82, 2.24) is 4.90 Å². The Hall–Kier alpha value is -3.25. The lowest BCUT2D eigenvalue weighted by Crippen LogP contribution is -2.46. The summed E-state index contributed by atoms with van der Waals surface area (Å²) in [4.78, 5) is 28.7. The predicted octanol–water partition coefficient (Wildman–Crippen LogP) is 6.08. The number of benzene rings is 3. The van der Waals surface area contributed by atoms with Crippen LogP contribution in [0.15, 0.2) is 77.3 Å². The molecule has 0 aromatic heterocycles. The molecule has 5 rings (SSSR count). The zero-order chi connectivity index (χ0) is 23.7. The third kappa shape index (κ3) is 4.30. The van der Waals surface area contributed by atoms with Gasteiger partial charge in [0.2, 0.25) is 0 Å². The van der Waals surface area contributed by atoms with Crippen molar-refractivity contribution in [3.63, 3.8) is 0 Å². The van der Waals surface area contributed by atoms with Crippen molar-refractivity contribution in [2.45, 2.75) is 25.2 Å². The van der Waals surface area contributed by atoms with Crippen LogP contribution in [0.2, 0.25) is 0 Å². The molecule has 0 radical (unpaired) electrons. The molecule has 0 saturated carbocycles. The minimum absolute atomic E-state index is 0.282. The van der Waals surface area contributed by atoms with E-state index < -0.39 is 17.8 Å². The molecule has 2 atom stereocenters. The second-order valence-corrected chi connectivity index (χ2v) is 9.71. The predicted molar refractivity (Wildman–Crippen MR) is 135 cm³/mol. The van der Waals surface area contributed by atoms with Crippen molar-refractivity contribution in [3.8, 4) is 16.9 Å². The monoisotopic (exact) mass is 516 g/mol. The molecule has 0 amide bonds. The highest BCUT2D eigenvalue weighted by atomic mass is 79.9. The Bertz CT molecular complexity index is 1230. The van der Waals surface area contributed by atoms with Gasteiger partial charge in [-0.15, -0.1) is 0 Å². The number of ether oxygens (including phenoxy) is 1. The third-order valence-corrected chi connectivity index (χ3v) is 7.20. The molecule has 3 aromatic rings.